The van der Waals surface area contributed by atoms with Crippen LogP contribution in [-0.4, -0.2) is 29.5 Å². The average molecular weight is 352 g/mol. The molecule has 1 N–H and O–H groups in total. The van der Waals surface area contributed by atoms with Gasteiger partial charge >= 0.3 is 0 Å². The standard InChI is InChI=1S/C20H20N2O4/c1-2-5-16(22-11-13-6-3-4-7-15(13)20(22)24)19(23)21-14-8-9-17-18(10-14)26-12-25-17/h3-4,6-10,16H,2,5,11-12H2,1H3,(H,21,23). The van der Waals surface area contributed by atoms with Gasteiger partial charge in [0.25, 0.3) is 5.91 Å². The zero-order valence-electron chi connectivity index (χ0n) is 14.5. The van der Waals surface area contributed by atoms with Crippen LogP contribution in [0.2, 0.25) is 0 Å². The minimum absolute atomic E-state index is 0.0834. The summed E-state index contributed by atoms with van der Waals surface area (Å²) >= 11 is 0. The summed E-state index contributed by atoms with van der Waals surface area (Å²) < 4.78 is 10.6. The van der Waals surface area contributed by atoms with Crippen molar-refractivity contribution in [3.63, 3.8) is 0 Å². The van der Waals surface area contributed by atoms with E-state index in [1.54, 1.807) is 23.1 Å². The Kier molecular flexibility index (Phi) is 4.24. The van der Waals surface area contributed by atoms with Crippen LogP contribution in [0.5, 0.6) is 11.5 Å². The molecule has 0 fully saturated rings. The Balaban J connectivity index is 1.53. The molecule has 0 saturated heterocycles. The van der Waals surface area contributed by atoms with Gasteiger partial charge in [-0.05, 0) is 30.2 Å². The lowest BCUT2D eigenvalue weighted by Gasteiger charge is -2.26. The second-order valence-corrected chi connectivity index (χ2v) is 6.45. The number of rotatable bonds is 5. The van der Waals surface area contributed by atoms with E-state index in [0.717, 1.165) is 12.0 Å². The Morgan fingerprint density at radius 3 is 2.81 bits per heavy atom. The van der Waals surface area contributed by atoms with Crippen LogP contribution in [0.15, 0.2) is 42.5 Å². The predicted octanol–water partition coefficient (Wildman–Crippen LogP) is 3.18. The minimum atomic E-state index is -0.509. The Morgan fingerprint density at radius 1 is 1.19 bits per heavy atom. The van der Waals surface area contributed by atoms with Crippen LogP contribution in [-0.2, 0) is 11.3 Å². The van der Waals surface area contributed by atoms with Gasteiger partial charge in [0.05, 0.1) is 0 Å². The van der Waals surface area contributed by atoms with Gasteiger partial charge in [-0.15, -0.1) is 0 Å². The molecule has 2 aliphatic rings. The lowest BCUT2D eigenvalue weighted by Crippen LogP contribution is -2.44. The van der Waals surface area contributed by atoms with Crippen molar-refractivity contribution in [2.24, 2.45) is 0 Å². The van der Waals surface area contributed by atoms with Crippen molar-refractivity contribution in [1.82, 2.24) is 4.90 Å². The van der Waals surface area contributed by atoms with Crippen LogP contribution in [0.1, 0.15) is 35.7 Å². The highest BCUT2D eigenvalue weighted by Crippen LogP contribution is 2.34. The number of carbonyl (C=O) groups excluding carboxylic acids is 2. The number of amides is 2. The summed E-state index contributed by atoms with van der Waals surface area (Å²) in [4.78, 5) is 27.3. The summed E-state index contributed by atoms with van der Waals surface area (Å²) in [6.45, 7) is 2.66. The van der Waals surface area contributed by atoms with Gasteiger partial charge in [0.2, 0.25) is 12.7 Å². The van der Waals surface area contributed by atoms with E-state index in [0.29, 0.717) is 35.7 Å². The van der Waals surface area contributed by atoms with E-state index in [9.17, 15) is 9.59 Å². The summed E-state index contributed by atoms with van der Waals surface area (Å²) in [5, 5.41) is 2.91. The van der Waals surface area contributed by atoms with E-state index in [1.165, 1.54) is 0 Å². The fraction of sp³-hybridized carbons (Fsp3) is 0.300. The number of carbonyl (C=O) groups is 2. The van der Waals surface area contributed by atoms with Crippen LogP contribution >= 0.6 is 0 Å². The van der Waals surface area contributed by atoms with Crippen molar-refractivity contribution >= 4 is 17.5 Å². The molecule has 0 bridgehead atoms. The van der Waals surface area contributed by atoms with Gasteiger partial charge in [0.1, 0.15) is 6.04 Å². The topological polar surface area (TPSA) is 67.9 Å². The van der Waals surface area contributed by atoms with Gasteiger partial charge < -0.3 is 19.7 Å². The first kappa shape index (κ1) is 16.4. The smallest absolute Gasteiger partial charge is 0.255 e. The van der Waals surface area contributed by atoms with E-state index in [2.05, 4.69) is 5.32 Å². The van der Waals surface area contributed by atoms with Crippen LogP contribution in [0.4, 0.5) is 5.69 Å². The molecule has 6 nitrogen and oxygen atoms in total. The third-order valence-corrected chi connectivity index (χ3v) is 4.73. The number of fused-ring (bicyclic) bond motifs is 2. The Bertz CT molecular complexity index is 865. The number of nitrogens with one attached hydrogen (secondary N) is 1. The number of ether oxygens (including phenoxy) is 2. The molecule has 0 spiro atoms. The van der Waals surface area contributed by atoms with E-state index in [4.69, 9.17) is 9.47 Å². The molecule has 0 radical (unpaired) electrons. The zero-order chi connectivity index (χ0) is 18.1. The maximum Gasteiger partial charge on any atom is 0.255 e. The quantitative estimate of drug-likeness (QED) is 0.897. The molecular formula is C20H20N2O4. The number of anilines is 1. The number of nitrogens with zero attached hydrogens (tertiary/aromatic N) is 1. The number of hydrogen-bond donors (Lipinski definition) is 1. The van der Waals surface area contributed by atoms with Crippen molar-refractivity contribution in [3.05, 3.63) is 53.6 Å². The summed E-state index contributed by atoms with van der Waals surface area (Å²) in [5.74, 6) is 1.00. The number of benzene rings is 2. The van der Waals surface area contributed by atoms with Crippen molar-refractivity contribution < 1.29 is 19.1 Å². The van der Waals surface area contributed by atoms with E-state index in [-0.39, 0.29) is 18.6 Å². The lowest BCUT2D eigenvalue weighted by molar-refractivity contribution is -0.120. The van der Waals surface area contributed by atoms with Gasteiger partial charge in [0, 0.05) is 23.9 Å². The predicted molar refractivity (Wildman–Crippen MR) is 96.2 cm³/mol. The second-order valence-electron chi connectivity index (χ2n) is 6.45. The molecule has 0 aromatic heterocycles. The van der Waals surface area contributed by atoms with Crippen molar-refractivity contribution in [3.8, 4) is 11.5 Å². The fourth-order valence-electron chi connectivity index (χ4n) is 3.43. The Morgan fingerprint density at radius 2 is 2.00 bits per heavy atom. The summed E-state index contributed by atoms with van der Waals surface area (Å²) in [5.41, 5.74) is 2.28. The van der Waals surface area contributed by atoms with Crippen LogP contribution < -0.4 is 14.8 Å². The number of hydrogen-bond acceptors (Lipinski definition) is 4. The molecule has 1 atom stereocenters. The monoisotopic (exact) mass is 352 g/mol. The van der Waals surface area contributed by atoms with Gasteiger partial charge in [-0.3, -0.25) is 9.59 Å². The highest BCUT2D eigenvalue weighted by Gasteiger charge is 2.35. The Labute approximate surface area is 151 Å². The summed E-state index contributed by atoms with van der Waals surface area (Å²) in [7, 11) is 0. The molecule has 2 aromatic rings. The molecule has 2 aliphatic heterocycles. The lowest BCUT2D eigenvalue weighted by atomic mass is 10.1. The third-order valence-electron chi connectivity index (χ3n) is 4.73. The maximum absolute atomic E-state index is 12.9. The summed E-state index contributed by atoms with van der Waals surface area (Å²) in [6, 6.07) is 12.3. The molecule has 2 heterocycles. The van der Waals surface area contributed by atoms with Gasteiger partial charge in [0.15, 0.2) is 11.5 Å². The van der Waals surface area contributed by atoms with Crippen molar-refractivity contribution in [1.29, 1.82) is 0 Å². The van der Waals surface area contributed by atoms with Gasteiger partial charge in [-0.25, -0.2) is 0 Å². The molecule has 2 aromatic carbocycles. The van der Waals surface area contributed by atoms with Crippen LogP contribution in [0.25, 0.3) is 0 Å². The molecule has 134 valence electrons. The van der Waals surface area contributed by atoms with E-state index >= 15 is 0 Å². The normalized spacial score (nSPS) is 15.7. The highest BCUT2D eigenvalue weighted by atomic mass is 16.7. The van der Waals surface area contributed by atoms with Crippen molar-refractivity contribution in [2.45, 2.75) is 32.4 Å². The molecule has 1 unspecified atom stereocenters. The molecule has 2 amide bonds. The largest absolute Gasteiger partial charge is 0.454 e. The van der Waals surface area contributed by atoms with Crippen LogP contribution in [0, 0.1) is 0 Å². The Hall–Kier alpha value is -3.02. The first-order valence-corrected chi connectivity index (χ1v) is 8.76. The van der Waals surface area contributed by atoms with Crippen molar-refractivity contribution in [2.75, 3.05) is 12.1 Å². The molecule has 0 saturated carbocycles. The minimum Gasteiger partial charge on any atom is -0.454 e. The molecular weight excluding hydrogens is 332 g/mol. The zero-order valence-corrected chi connectivity index (χ0v) is 14.5. The van der Waals surface area contributed by atoms with Crippen LogP contribution in [0.3, 0.4) is 0 Å². The van der Waals surface area contributed by atoms with Gasteiger partial charge in [-0.1, -0.05) is 31.5 Å². The third kappa shape index (κ3) is 2.87. The molecule has 0 aliphatic carbocycles. The van der Waals surface area contributed by atoms with E-state index < -0.39 is 6.04 Å². The first-order chi connectivity index (χ1) is 12.7. The molecule has 6 heteroatoms. The molecule has 26 heavy (non-hydrogen) atoms. The first-order valence-electron chi connectivity index (χ1n) is 8.76. The highest BCUT2D eigenvalue weighted by molar-refractivity contribution is 6.03. The maximum atomic E-state index is 12.9. The average Bonchev–Trinajstić information content (AvgIpc) is 3.24. The second kappa shape index (κ2) is 6.71. The SMILES string of the molecule is CCCC(C(=O)Nc1ccc2c(c1)OCO2)N1Cc2ccccc2C1=O. The summed E-state index contributed by atoms with van der Waals surface area (Å²) in [6.07, 6.45) is 1.41. The molecule has 4 rings (SSSR count). The van der Waals surface area contributed by atoms with E-state index in [1.807, 2.05) is 31.2 Å². The fourth-order valence-corrected chi connectivity index (χ4v) is 3.43. The van der Waals surface area contributed by atoms with Gasteiger partial charge in [-0.2, -0.15) is 0 Å².